The summed E-state index contributed by atoms with van der Waals surface area (Å²) in [5.74, 6) is -1.17. The van der Waals surface area contributed by atoms with E-state index in [1.165, 1.54) is 12.1 Å². The van der Waals surface area contributed by atoms with Gasteiger partial charge < -0.3 is 10.1 Å². The minimum absolute atomic E-state index is 0.262. The Hall–Kier alpha value is -3.43. The van der Waals surface area contributed by atoms with Crippen LogP contribution in [0.4, 0.5) is 5.69 Å². The van der Waals surface area contributed by atoms with E-state index in [9.17, 15) is 9.59 Å². The number of aromatic nitrogens is 1. The maximum Gasteiger partial charge on any atom is 0.339 e. The lowest BCUT2D eigenvalue weighted by Gasteiger charge is -2.13. The number of nitriles is 1. The van der Waals surface area contributed by atoms with Crippen molar-refractivity contribution in [3.05, 3.63) is 69.9 Å². The van der Waals surface area contributed by atoms with Gasteiger partial charge in [0.2, 0.25) is 0 Å². The highest BCUT2D eigenvalue weighted by Crippen LogP contribution is 2.24. The minimum atomic E-state index is -0.599. The summed E-state index contributed by atoms with van der Waals surface area (Å²) in [5.41, 5.74) is 3.16. The normalized spacial score (nSPS) is 10.4. The molecule has 0 aliphatic carbocycles. The molecule has 0 saturated carbocycles. The fourth-order valence-electron chi connectivity index (χ4n) is 3.07. The Balaban J connectivity index is 1.80. The topological polar surface area (TPSA) is 92.1 Å². The van der Waals surface area contributed by atoms with Crippen LogP contribution < -0.4 is 5.32 Å². The lowest BCUT2D eigenvalue weighted by molar-refractivity contribution is -0.119. The number of carbonyl (C=O) groups excluding carboxylic acids is 2. The van der Waals surface area contributed by atoms with E-state index in [1.54, 1.807) is 12.1 Å². The van der Waals surface area contributed by atoms with Crippen molar-refractivity contribution in [2.75, 3.05) is 11.9 Å². The number of nitrogens with one attached hydrogen (secondary N) is 1. The first-order chi connectivity index (χ1) is 13.9. The van der Waals surface area contributed by atoms with E-state index < -0.39 is 18.5 Å². The van der Waals surface area contributed by atoms with E-state index in [-0.39, 0.29) is 11.3 Å². The van der Waals surface area contributed by atoms with Crippen LogP contribution in [-0.2, 0) is 16.0 Å². The number of hydrogen-bond donors (Lipinski definition) is 1. The van der Waals surface area contributed by atoms with Crippen molar-refractivity contribution in [3.63, 3.8) is 0 Å². The number of carbonyl (C=O) groups is 2. The van der Waals surface area contributed by atoms with Gasteiger partial charge in [0.25, 0.3) is 5.91 Å². The van der Waals surface area contributed by atoms with Crippen molar-refractivity contribution in [2.45, 2.75) is 20.3 Å². The van der Waals surface area contributed by atoms with Crippen LogP contribution in [0, 0.1) is 18.3 Å². The molecule has 2 aromatic carbocycles. The van der Waals surface area contributed by atoms with E-state index in [1.807, 2.05) is 38.1 Å². The SMILES string of the molecule is CCc1nc2ccccc2c(C(=O)OCC(=O)Nc2cc(Cl)ccc2C#N)c1C. The van der Waals surface area contributed by atoms with Crippen LogP contribution in [-0.4, -0.2) is 23.5 Å². The summed E-state index contributed by atoms with van der Waals surface area (Å²) in [6, 6.07) is 13.8. The number of hydrogen-bond acceptors (Lipinski definition) is 5. The molecule has 1 N–H and O–H groups in total. The number of nitrogens with zero attached hydrogens (tertiary/aromatic N) is 2. The highest BCUT2D eigenvalue weighted by Gasteiger charge is 2.19. The zero-order valence-corrected chi connectivity index (χ0v) is 16.7. The van der Waals surface area contributed by atoms with Gasteiger partial charge in [0.05, 0.1) is 22.3 Å². The van der Waals surface area contributed by atoms with Crippen LogP contribution in [0.15, 0.2) is 42.5 Å². The molecule has 146 valence electrons. The van der Waals surface area contributed by atoms with E-state index in [0.717, 1.165) is 11.3 Å². The van der Waals surface area contributed by atoms with Gasteiger partial charge in [-0.3, -0.25) is 9.78 Å². The molecule has 1 aromatic heterocycles. The number of aryl methyl sites for hydroxylation is 1. The van der Waals surface area contributed by atoms with Crippen molar-refractivity contribution in [3.8, 4) is 6.07 Å². The molecule has 0 bridgehead atoms. The molecule has 0 fully saturated rings. The first-order valence-corrected chi connectivity index (χ1v) is 9.37. The molecular formula is C22H18ClN3O3. The lowest BCUT2D eigenvalue weighted by Crippen LogP contribution is -2.22. The van der Waals surface area contributed by atoms with Crippen LogP contribution in [0.3, 0.4) is 0 Å². The van der Waals surface area contributed by atoms with Crippen molar-refractivity contribution in [1.82, 2.24) is 4.98 Å². The Kier molecular flexibility index (Phi) is 6.10. The van der Waals surface area contributed by atoms with Crippen LogP contribution in [0.5, 0.6) is 0 Å². The van der Waals surface area contributed by atoms with Crippen molar-refractivity contribution >= 4 is 40.1 Å². The zero-order chi connectivity index (χ0) is 21.0. The van der Waals surface area contributed by atoms with Crippen LogP contribution in [0.1, 0.15) is 34.1 Å². The Morgan fingerprint density at radius 2 is 2.00 bits per heavy atom. The predicted octanol–water partition coefficient (Wildman–Crippen LogP) is 4.43. The molecule has 0 aliphatic heterocycles. The second kappa shape index (κ2) is 8.72. The molecule has 0 spiro atoms. The predicted molar refractivity (Wildman–Crippen MR) is 111 cm³/mol. The fraction of sp³-hybridized carbons (Fsp3) is 0.182. The molecule has 0 aliphatic rings. The van der Waals surface area contributed by atoms with Crippen LogP contribution in [0.2, 0.25) is 5.02 Å². The number of pyridine rings is 1. The lowest BCUT2D eigenvalue weighted by atomic mass is 10.0. The van der Waals surface area contributed by atoms with E-state index >= 15 is 0 Å². The highest BCUT2D eigenvalue weighted by atomic mass is 35.5. The Labute approximate surface area is 173 Å². The third kappa shape index (κ3) is 4.36. The van der Waals surface area contributed by atoms with E-state index in [4.69, 9.17) is 21.6 Å². The summed E-state index contributed by atoms with van der Waals surface area (Å²) in [6.45, 7) is 3.29. The molecule has 0 atom stereocenters. The van der Waals surface area contributed by atoms with Gasteiger partial charge >= 0.3 is 5.97 Å². The fourth-order valence-corrected chi connectivity index (χ4v) is 3.24. The molecule has 6 nitrogen and oxygen atoms in total. The van der Waals surface area contributed by atoms with Crippen molar-refractivity contribution in [2.24, 2.45) is 0 Å². The molecule has 3 rings (SSSR count). The number of benzene rings is 2. The van der Waals surface area contributed by atoms with Gasteiger partial charge in [-0.05, 0) is 43.2 Å². The quantitative estimate of drug-likeness (QED) is 0.632. The molecule has 7 heteroatoms. The molecule has 1 heterocycles. The van der Waals surface area contributed by atoms with Crippen molar-refractivity contribution in [1.29, 1.82) is 5.26 Å². The maximum absolute atomic E-state index is 12.8. The summed E-state index contributed by atoms with van der Waals surface area (Å²) in [5, 5.41) is 12.7. The Bertz CT molecular complexity index is 1150. The third-order valence-electron chi connectivity index (χ3n) is 4.49. The maximum atomic E-state index is 12.8. The van der Waals surface area contributed by atoms with E-state index in [0.29, 0.717) is 27.9 Å². The summed E-state index contributed by atoms with van der Waals surface area (Å²) in [7, 11) is 0. The minimum Gasteiger partial charge on any atom is -0.452 e. The zero-order valence-electron chi connectivity index (χ0n) is 16.0. The van der Waals surface area contributed by atoms with Crippen molar-refractivity contribution < 1.29 is 14.3 Å². The van der Waals surface area contributed by atoms with Gasteiger partial charge in [-0.1, -0.05) is 36.7 Å². The van der Waals surface area contributed by atoms with Gasteiger partial charge in [-0.15, -0.1) is 0 Å². The summed E-state index contributed by atoms with van der Waals surface area (Å²) < 4.78 is 5.26. The molecule has 0 radical (unpaired) electrons. The summed E-state index contributed by atoms with van der Waals surface area (Å²) >= 11 is 5.91. The smallest absolute Gasteiger partial charge is 0.339 e. The molecule has 1 amide bonds. The number of esters is 1. The first kappa shape index (κ1) is 20.3. The average molecular weight is 408 g/mol. The monoisotopic (exact) mass is 407 g/mol. The number of ether oxygens (including phenoxy) is 1. The number of amides is 1. The number of para-hydroxylation sites is 1. The summed E-state index contributed by atoms with van der Waals surface area (Å²) in [4.78, 5) is 29.6. The molecule has 0 saturated heterocycles. The van der Waals surface area contributed by atoms with Gasteiger partial charge in [0.1, 0.15) is 6.07 Å². The first-order valence-electron chi connectivity index (χ1n) is 8.99. The Morgan fingerprint density at radius 3 is 2.72 bits per heavy atom. The van der Waals surface area contributed by atoms with E-state index in [2.05, 4.69) is 10.3 Å². The average Bonchev–Trinajstić information content (AvgIpc) is 2.71. The second-order valence-corrected chi connectivity index (χ2v) is 6.79. The summed E-state index contributed by atoms with van der Waals surface area (Å²) in [6.07, 6.45) is 0.670. The Morgan fingerprint density at radius 1 is 1.24 bits per heavy atom. The second-order valence-electron chi connectivity index (χ2n) is 6.36. The molecule has 3 aromatic rings. The number of fused-ring (bicyclic) bond motifs is 1. The van der Waals surface area contributed by atoms with Crippen LogP contribution in [0.25, 0.3) is 10.9 Å². The van der Waals surface area contributed by atoms with Gasteiger partial charge in [-0.2, -0.15) is 5.26 Å². The highest BCUT2D eigenvalue weighted by molar-refractivity contribution is 6.31. The number of halogens is 1. The van der Waals surface area contributed by atoms with Gasteiger partial charge in [0.15, 0.2) is 6.61 Å². The van der Waals surface area contributed by atoms with Gasteiger partial charge in [-0.25, -0.2) is 4.79 Å². The molecule has 0 unspecified atom stereocenters. The number of anilines is 1. The third-order valence-corrected chi connectivity index (χ3v) is 4.72. The molecule has 29 heavy (non-hydrogen) atoms. The largest absolute Gasteiger partial charge is 0.452 e. The number of rotatable bonds is 5. The van der Waals surface area contributed by atoms with Crippen LogP contribution >= 0.6 is 11.6 Å². The van der Waals surface area contributed by atoms with Gasteiger partial charge in [0, 0.05) is 16.1 Å². The molecular weight excluding hydrogens is 390 g/mol. The standard InChI is InChI=1S/C22H18ClN3O3/c1-3-17-13(2)21(16-6-4-5-7-18(16)25-17)22(28)29-12-20(27)26-19-10-15(23)9-8-14(19)11-24/h4-10H,3,12H2,1-2H3,(H,26,27).